The molecular formula is C12H20. The lowest BCUT2D eigenvalue weighted by Crippen LogP contribution is -2.17. The number of hydrogen-bond donors (Lipinski definition) is 0. The van der Waals surface area contributed by atoms with Crippen LogP contribution in [0.25, 0.3) is 0 Å². The van der Waals surface area contributed by atoms with Gasteiger partial charge in [-0.05, 0) is 43.9 Å². The Balaban J connectivity index is 2.00. The highest BCUT2D eigenvalue weighted by molar-refractivity contribution is 4.97. The van der Waals surface area contributed by atoms with Crippen molar-refractivity contribution in [2.24, 2.45) is 17.8 Å². The van der Waals surface area contributed by atoms with E-state index in [2.05, 4.69) is 19.1 Å². The molecule has 0 heterocycles. The first-order valence-corrected chi connectivity index (χ1v) is 5.54. The van der Waals surface area contributed by atoms with Gasteiger partial charge in [0.1, 0.15) is 0 Å². The SMILES string of the molecule is C/C=C/C1CCC2CCCCC12. The van der Waals surface area contributed by atoms with Crippen LogP contribution in [0.2, 0.25) is 0 Å². The standard InChI is InChI=1S/C12H20/c1-2-5-10-8-9-11-6-3-4-7-12(10)11/h2,5,10-12H,3-4,6-9H2,1H3/b5-2+. The largest absolute Gasteiger partial charge is 0.0914 e. The van der Waals surface area contributed by atoms with Gasteiger partial charge in [0.2, 0.25) is 0 Å². The van der Waals surface area contributed by atoms with Crippen molar-refractivity contribution < 1.29 is 0 Å². The first-order chi connectivity index (χ1) is 5.92. The normalized spacial score (nSPS) is 41.9. The van der Waals surface area contributed by atoms with E-state index in [0.29, 0.717) is 0 Å². The first-order valence-electron chi connectivity index (χ1n) is 5.54. The monoisotopic (exact) mass is 164 g/mol. The maximum absolute atomic E-state index is 2.45. The van der Waals surface area contributed by atoms with E-state index < -0.39 is 0 Å². The summed E-state index contributed by atoms with van der Waals surface area (Å²) in [5.41, 5.74) is 0. The van der Waals surface area contributed by atoms with E-state index in [1.165, 1.54) is 38.5 Å². The summed E-state index contributed by atoms with van der Waals surface area (Å²) in [6.07, 6.45) is 13.7. The van der Waals surface area contributed by atoms with Crippen LogP contribution in [0.4, 0.5) is 0 Å². The third-order valence-electron chi connectivity index (χ3n) is 3.83. The Morgan fingerprint density at radius 2 is 1.83 bits per heavy atom. The highest BCUT2D eigenvalue weighted by atomic mass is 14.4. The first kappa shape index (κ1) is 8.34. The van der Waals surface area contributed by atoms with Gasteiger partial charge in [0.05, 0.1) is 0 Å². The zero-order valence-electron chi connectivity index (χ0n) is 8.13. The molecule has 2 rings (SSSR count). The van der Waals surface area contributed by atoms with Crippen molar-refractivity contribution in [3.8, 4) is 0 Å². The Morgan fingerprint density at radius 1 is 1.00 bits per heavy atom. The van der Waals surface area contributed by atoms with Crippen LogP contribution in [0.3, 0.4) is 0 Å². The molecule has 0 bridgehead atoms. The molecule has 0 amide bonds. The molecule has 2 saturated carbocycles. The fourth-order valence-electron chi connectivity index (χ4n) is 3.27. The molecule has 0 aromatic carbocycles. The molecule has 3 unspecified atom stereocenters. The van der Waals surface area contributed by atoms with Crippen molar-refractivity contribution in [1.82, 2.24) is 0 Å². The molecule has 0 aliphatic heterocycles. The molecule has 0 aromatic rings. The minimum absolute atomic E-state index is 0.945. The van der Waals surface area contributed by atoms with Gasteiger partial charge in [0, 0.05) is 0 Å². The molecule has 2 aliphatic carbocycles. The second-order valence-electron chi connectivity index (χ2n) is 4.48. The van der Waals surface area contributed by atoms with E-state index in [4.69, 9.17) is 0 Å². The zero-order chi connectivity index (χ0) is 8.39. The molecule has 0 radical (unpaired) electrons. The summed E-state index contributed by atoms with van der Waals surface area (Å²) in [4.78, 5) is 0. The number of rotatable bonds is 1. The highest BCUT2D eigenvalue weighted by Crippen LogP contribution is 2.46. The van der Waals surface area contributed by atoms with Crippen molar-refractivity contribution in [3.05, 3.63) is 12.2 Å². The molecule has 68 valence electrons. The molecule has 0 N–H and O–H groups in total. The number of allylic oxidation sites excluding steroid dienone is 2. The summed E-state index contributed by atoms with van der Waals surface area (Å²) < 4.78 is 0. The van der Waals surface area contributed by atoms with Gasteiger partial charge >= 0.3 is 0 Å². The van der Waals surface area contributed by atoms with Gasteiger partial charge in [0.15, 0.2) is 0 Å². The summed E-state index contributed by atoms with van der Waals surface area (Å²) in [7, 11) is 0. The summed E-state index contributed by atoms with van der Waals surface area (Å²) in [6, 6.07) is 0. The van der Waals surface area contributed by atoms with E-state index in [1.807, 2.05) is 0 Å². The van der Waals surface area contributed by atoms with Crippen LogP contribution in [0.15, 0.2) is 12.2 Å². The second-order valence-corrected chi connectivity index (χ2v) is 4.48. The van der Waals surface area contributed by atoms with Crippen molar-refractivity contribution in [2.45, 2.75) is 45.4 Å². The molecular weight excluding hydrogens is 144 g/mol. The number of hydrogen-bond acceptors (Lipinski definition) is 0. The van der Waals surface area contributed by atoms with Gasteiger partial charge in [-0.2, -0.15) is 0 Å². The van der Waals surface area contributed by atoms with E-state index in [0.717, 1.165) is 17.8 Å². The Morgan fingerprint density at radius 3 is 2.67 bits per heavy atom. The third-order valence-corrected chi connectivity index (χ3v) is 3.83. The summed E-state index contributed by atoms with van der Waals surface area (Å²) in [5, 5.41) is 0. The summed E-state index contributed by atoms with van der Waals surface area (Å²) >= 11 is 0. The smallest absolute Gasteiger partial charge is 0.0203 e. The summed E-state index contributed by atoms with van der Waals surface area (Å²) in [6.45, 7) is 2.16. The van der Waals surface area contributed by atoms with Crippen LogP contribution in [0, 0.1) is 17.8 Å². The van der Waals surface area contributed by atoms with Gasteiger partial charge in [-0.3, -0.25) is 0 Å². The quantitative estimate of drug-likeness (QED) is 0.517. The molecule has 0 nitrogen and oxygen atoms in total. The maximum Gasteiger partial charge on any atom is -0.0203 e. The molecule has 0 saturated heterocycles. The molecule has 3 atom stereocenters. The van der Waals surface area contributed by atoms with Crippen molar-refractivity contribution >= 4 is 0 Å². The lowest BCUT2D eigenvalue weighted by molar-refractivity contribution is 0.250. The second kappa shape index (κ2) is 3.64. The minimum atomic E-state index is 0.945. The molecule has 12 heavy (non-hydrogen) atoms. The fourth-order valence-corrected chi connectivity index (χ4v) is 3.27. The predicted molar refractivity (Wildman–Crippen MR) is 53.0 cm³/mol. The van der Waals surface area contributed by atoms with Crippen LogP contribution in [-0.4, -0.2) is 0 Å². The molecule has 0 aromatic heterocycles. The van der Waals surface area contributed by atoms with E-state index >= 15 is 0 Å². The molecule has 2 aliphatic rings. The Labute approximate surface area is 76.1 Å². The van der Waals surface area contributed by atoms with E-state index in [9.17, 15) is 0 Å². The molecule has 0 spiro atoms. The molecule has 0 heteroatoms. The topological polar surface area (TPSA) is 0 Å². The van der Waals surface area contributed by atoms with Gasteiger partial charge < -0.3 is 0 Å². The summed E-state index contributed by atoms with van der Waals surface area (Å²) in [5.74, 6) is 3.11. The van der Waals surface area contributed by atoms with Crippen LogP contribution >= 0.6 is 0 Å². The third kappa shape index (κ3) is 1.44. The molecule has 2 fully saturated rings. The van der Waals surface area contributed by atoms with Crippen molar-refractivity contribution in [2.75, 3.05) is 0 Å². The van der Waals surface area contributed by atoms with E-state index in [-0.39, 0.29) is 0 Å². The van der Waals surface area contributed by atoms with Gasteiger partial charge in [-0.15, -0.1) is 0 Å². The predicted octanol–water partition coefficient (Wildman–Crippen LogP) is 3.78. The minimum Gasteiger partial charge on any atom is -0.0914 e. The average Bonchev–Trinajstić information content (AvgIpc) is 2.50. The average molecular weight is 164 g/mol. The lowest BCUT2D eigenvalue weighted by Gasteiger charge is -2.27. The van der Waals surface area contributed by atoms with Crippen LogP contribution in [0.5, 0.6) is 0 Å². The van der Waals surface area contributed by atoms with Crippen molar-refractivity contribution in [1.29, 1.82) is 0 Å². The Hall–Kier alpha value is -0.260. The zero-order valence-corrected chi connectivity index (χ0v) is 8.13. The van der Waals surface area contributed by atoms with Crippen LogP contribution in [0.1, 0.15) is 45.4 Å². The Kier molecular flexibility index (Phi) is 2.53. The van der Waals surface area contributed by atoms with E-state index in [1.54, 1.807) is 0 Å². The van der Waals surface area contributed by atoms with Gasteiger partial charge in [-0.25, -0.2) is 0 Å². The highest BCUT2D eigenvalue weighted by Gasteiger charge is 2.35. The fraction of sp³-hybridized carbons (Fsp3) is 0.833. The lowest BCUT2D eigenvalue weighted by atomic mass is 9.78. The van der Waals surface area contributed by atoms with Gasteiger partial charge in [0.25, 0.3) is 0 Å². The maximum atomic E-state index is 2.45. The van der Waals surface area contributed by atoms with Crippen molar-refractivity contribution in [3.63, 3.8) is 0 Å². The van der Waals surface area contributed by atoms with Crippen LogP contribution < -0.4 is 0 Å². The number of fused-ring (bicyclic) bond motifs is 1. The van der Waals surface area contributed by atoms with Crippen LogP contribution in [-0.2, 0) is 0 Å². The van der Waals surface area contributed by atoms with Gasteiger partial charge in [-0.1, -0.05) is 31.4 Å². The Bertz CT molecular complexity index is 169.